The molecule has 0 aromatic heterocycles. The van der Waals surface area contributed by atoms with Crippen LogP contribution in [0.15, 0.2) is 54.1 Å². The van der Waals surface area contributed by atoms with Gasteiger partial charge < -0.3 is 15.3 Å². The highest BCUT2D eigenvalue weighted by molar-refractivity contribution is 8.01. The van der Waals surface area contributed by atoms with Crippen molar-refractivity contribution in [1.82, 2.24) is 0 Å². The highest BCUT2D eigenvalue weighted by atomic mass is 32.2. The van der Waals surface area contributed by atoms with E-state index >= 15 is 0 Å². The summed E-state index contributed by atoms with van der Waals surface area (Å²) in [7, 11) is -4.59. The Morgan fingerprint density at radius 2 is 1.76 bits per heavy atom. The third kappa shape index (κ3) is 4.52. The molecule has 7 atom stereocenters. The van der Waals surface area contributed by atoms with Gasteiger partial charge >= 0.3 is 15.2 Å². The normalized spacial score (nSPS) is 37.6. The molecule has 0 amide bonds. The summed E-state index contributed by atoms with van der Waals surface area (Å²) in [6, 6.07) is 7.30. The molecule has 0 unspecified atom stereocenters. The van der Waals surface area contributed by atoms with Crippen LogP contribution in [0, 0.1) is 28.6 Å². The third-order valence-corrected chi connectivity index (χ3v) is 10.2. The molecule has 5 rings (SSSR count). The Labute approximate surface area is 222 Å². The van der Waals surface area contributed by atoms with Gasteiger partial charge in [0.2, 0.25) is 0 Å². The molecule has 0 heterocycles. The lowest BCUT2D eigenvalue weighted by atomic mass is 9.46. The maximum Gasteiger partial charge on any atom is 0.333 e. The van der Waals surface area contributed by atoms with Gasteiger partial charge in [-0.2, -0.15) is 8.42 Å². The third-order valence-electron chi connectivity index (χ3n) is 9.50. The van der Waals surface area contributed by atoms with E-state index in [0.29, 0.717) is 12.8 Å². The molecule has 1 aromatic rings. The monoisotopic (exact) mass is 546 g/mol. The van der Waals surface area contributed by atoms with Gasteiger partial charge in [-0.3, -0.25) is 18.9 Å². The van der Waals surface area contributed by atoms with Crippen LogP contribution in [0.2, 0.25) is 0 Å². The molecule has 10 heteroatoms. The van der Waals surface area contributed by atoms with Gasteiger partial charge in [0, 0.05) is 22.3 Å². The smallest absolute Gasteiger partial charge is 0.333 e. The van der Waals surface area contributed by atoms with Crippen molar-refractivity contribution in [2.75, 3.05) is 6.61 Å². The van der Waals surface area contributed by atoms with E-state index in [2.05, 4.69) is 6.92 Å². The predicted octanol–water partition coefficient (Wildman–Crippen LogP) is 2.27. The first-order valence-corrected chi connectivity index (χ1v) is 14.2. The molecule has 4 aliphatic rings. The topological polar surface area (TPSA) is 166 Å². The lowest BCUT2D eigenvalue weighted by molar-refractivity contribution is -0.178. The van der Waals surface area contributed by atoms with E-state index in [1.807, 2.05) is 13.0 Å². The molecule has 4 N–H and O–H groups in total. The number of fused-ring (bicyclic) bond motifs is 5. The Bertz CT molecular complexity index is 1300. The Morgan fingerprint density at radius 3 is 2.37 bits per heavy atom. The van der Waals surface area contributed by atoms with Gasteiger partial charge in [0.15, 0.2) is 11.6 Å². The quantitative estimate of drug-likeness (QED) is 0.416. The summed E-state index contributed by atoms with van der Waals surface area (Å²) in [5.41, 5.74) is -1.58. The van der Waals surface area contributed by atoms with Crippen molar-refractivity contribution in [3.8, 4) is 0 Å². The van der Waals surface area contributed by atoms with Gasteiger partial charge in [-0.15, -0.1) is 0 Å². The molecule has 9 nitrogen and oxygen atoms in total. The number of hydrogen-bond donors (Lipinski definition) is 4. The zero-order chi connectivity index (χ0) is 28.1. The van der Waals surface area contributed by atoms with Crippen LogP contribution in [0.4, 0.5) is 0 Å². The van der Waals surface area contributed by atoms with Crippen LogP contribution in [0.5, 0.6) is 0 Å². The van der Waals surface area contributed by atoms with Crippen LogP contribution in [0.25, 0.3) is 0 Å². The van der Waals surface area contributed by atoms with Crippen molar-refractivity contribution in [1.29, 1.82) is 0 Å². The molecule has 0 bridgehead atoms. The minimum Gasteiger partial charge on any atom is -0.393 e. The fourth-order valence-electron chi connectivity index (χ4n) is 7.64. The van der Waals surface area contributed by atoms with Gasteiger partial charge in [-0.1, -0.05) is 55.8 Å². The van der Waals surface area contributed by atoms with Gasteiger partial charge in [0.25, 0.3) is 0 Å². The van der Waals surface area contributed by atoms with Crippen LogP contribution >= 0.6 is 0 Å². The minimum atomic E-state index is -4.59. The molecule has 0 radical (unpaired) electrons. The number of ketones is 2. The summed E-state index contributed by atoms with van der Waals surface area (Å²) in [6.45, 7) is 3.34. The zero-order valence-electron chi connectivity index (χ0n) is 21.4. The number of aliphatic hydroxyl groups excluding tert-OH is 2. The Balaban J connectivity index is 0.000000236. The molecule has 206 valence electrons. The van der Waals surface area contributed by atoms with Gasteiger partial charge in [-0.25, -0.2) is 0 Å². The maximum atomic E-state index is 12.4. The highest BCUT2D eigenvalue weighted by Gasteiger charge is 2.67. The number of allylic oxidation sites excluding steroid dienone is 4. The molecule has 3 fully saturated rings. The van der Waals surface area contributed by atoms with Gasteiger partial charge in [0.05, 0.1) is 6.10 Å². The summed E-state index contributed by atoms with van der Waals surface area (Å²) in [5.74, 6) is -0.227. The van der Waals surface area contributed by atoms with E-state index in [1.165, 1.54) is 24.3 Å². The number of benzene rings is 1. The summed E-state index contributed by atoms with van der Waals surface area (Å²) >= 11 is 0. The zero-order valence-corrected chi connectivity index (χ0v) is 22.2. The number of carbonyl (C=O) groups excluding carboxylic acids is 3. The number of Topliss-reactive ketones (excluding diaryl/α,β-unsaturated/α-hetero) is 1. The van der Waals surface area contributed by atoms with E-state index in [-0.39, 0.29) is 34.5 Å². The first-order chi connectivity index (χ1) is 17.7. The second-order valence-corrected chi connectivity index (χ2v) is 12.6. The fourth-order valence-corrected chi connectivity index (χ4v) is 8.08. The summed E-state index contributed by atoms with van der Waals surface area (Å²) in [6.07, 6.45) is 7.68. The van der Waals surface area contributed by atoms with E-state index < -0.39 is 44.7 Å². The van der Waals surface area contributed by atoms with Crippen molar-refractivity contribution in [2.45, 2.75) is 57.7 Å². The first kappa shape index (κ1) is 28.5. The largest absolute Gasteiger partial charge is 0.393 e. The van der Waals surface area contributed by atoms with Crippen LogP contribution in [-0.4, -0.2) is 63.3 Å². The number of aliphatic hydroxyl groups is 3. The number of carbonyl (C=O) groups is 3. The van der Waals surface area contributed by atoms with E-state index in [0.717, 1.165) is 24.8 Å². The molecular formula is C28H34O9S. The van der Waals surface area contributed by atoms with Crippen LogP contribution < -0.4 is 0 Å². The fraction of sp³-hybridized carbons (Fsp3) is 0.536. The van der Waals surface area contributed by atoms with Crippen LogP contribution in [-0.2, 0) is 19.7 Å². The van der Waals surface area contributed by atoms with E-state index in [1.54, 1.807) is 18.2 Å². The van der Waals surface area contributed by atoms with Crippen molar-refractivity contribution < 1.29 is 42.7 Å². The van der Waals surface area contributed by atoms with Crippen molar-refractivity contribution in [2.24, 2.45) is 28.6 Å². The maximum absolute atomic E-state index is 12.4. The highest BCUT2D eigenvalue weighted by Crippen LogP contribution is 2.67. The molecule has 0 saturated heterocycles. The standard InChI is InChI=1S/C21H28O5.C7H6O4S/c1-19-7-5-13(23)9-12(19)3-4-14-15-6-8-21(26,17(25)11-22)20(15,2)10-16(24)18(14)19;8-7(12(9,10)11)6-4-2-1-3-5-6/h5,7,9,14-16,18,22,24,26H,3-4,6,8,10-11H2,1-2H3;1-5H,(H,9,10,11)/t14-,15-,16-,18+,19-,20-,21-;/m0./s1. The van der Waals surface area contributed by atoms with E-state index in [9.17, 15) is 38.1 Å². The number of hydrogen-bond acceptors (Lipinski definition) is 8. The summed E-state index contributed by atoms with van der Waals surface area (Å²) in [5, 5.41) is 30.4. The second-order valence-electron chi connectivity index (χ2n) is 11.3. The summed E-state index contributed by atoms with van der Waals surface area (Å²) in [4.78, 5) is 35.0. The molecule has 1 aromatic carbocycles. The molecule has 38 heavy (non-hydrogen) atoms. The molecule has 3 saturated carbocycles. The van der Waals surface area contributed by atoms with Gasteiger partial charge in [-0.05, 0) is 56.1 Å². The lowest BCUT2D eigenvalue weighted by Crippen LogP contribution is -2.61. The van der Waals surface area contributed by atoms with Crippen LogP contribution in [0.3, 0.4) is 0 Å². The van der Waals surface area contributed by atoms with Crippen molar-refractivity contribution >= 4 is 26.8 Å². The van der Waals surface area contributed by atoms with Crippen molar-refractivity contribution in [3.63, 3.8) is 0 Å². The predicted molar refractivity (Wildman–Crippen MR) is 137 cm³/mol. The Hall–Kier alpha value is -2.50. The molecule has 4 aliphatic carbocycles. The van der Waals surface area contributed by atoms with Gasteiger partial charge in [0.1, 0.15) is 12.2 Å². The minimum absolute atomic E-state index is 0.00912. The Kier molecular flexibility index (Phi) is 7.44. The average Bonchev–Trinajstić information content (AvgIpc) is 3.14. The van der Waals surface area contributed by atoms with E-state index in [4.69, 9.17) is 4.55 Å². The Morgan fingerprint density at radius 1 is 1.11 bits per heavy atom. The molecular weight excluding hydrogens is 512 g/mol. The average molecular weight is 547 g/mol. The summed E-state index contributed by atoms with van der Waals surface area (Å²) < 4.78 is 29.0. The van der Waals surface area contributed by atoms with Crippen LogP contribution in [0.1, 0.15) is 56.3 Å². The SMILES string of the molecule is C[C@]12C=CC(=O)C=C1CC[C@@H]1[C@@H]2[C@@H](O)C[C@@]2(C)[C@H]1CC[C@]2(O)C(=O)CO.O=C(c1ccccc1)S(=O)(=O)O. The van der Waals surface area contributed by atoms with Crippen molar-refractivity contribution in [3.05, 3.63) is 59.7 Å². The first-order valence-electron chi connectivity index (χ1n) is 12.7. The second kappa shape index (κ2) is 9.91. The lowest BCUT2D eigenvalue weighted by Gasteiger charge is -2.59. The number of rotatable bonds is 3. The molecule has 0 spiro atoms. The molecule has 0 aliphatic heterocycles.